The van der Waals surface area contributed by atoms with Crippen LogP contribution in [0.25, 0.3) is 27.7 Å². The van der Waals surface area contributed by atoms with Gasteiger partial charge in [0.25, 0.3) is 0 Å². The van der Waals surface area contributed by atoms with E-state index >= 15 is 0 Å². The van der Waals surface area contributed by atoms with Crippen LogP contribution in [-0.4, -0.2) is 55.0 Å². The normalized spacial score (nSPS) is 22.5. The van der Waals surface area contributed by atoms with Gasteiger partial charge in [-0.1, -0.05) is 13.8 Å². The molecule has 0 bridgehead atoms. The third kappa shape index (κ3) is 3.53. The van der Waals surface area contributed by atoms with E-state index in [0.29, 0.717) is 31.0 Å². The molecule has 1 saturated heterocycles. The summed E-state index contributed by atoms with van der Waals surface area (Å²) in [6.45, 7) is 7.84. The summed E-state index contributed by atoms with van der Waals surface area (Å²) in [5, 5.41) is 13.7. The van der Waals surface area contributed by atoms with Gasteiger partial charge in [0, 0.05) is 47.9 Å². The number of aryl methyl sites for hydroxylation is 1. The van der Waals surface area contributed by atoms with Crippen LogP contribution in [0.15, 0.2) is 30.7 Å². The van der Waals surface area contributed by atoms with Crippen molar-refractivity contribution in [2.24, 2.45) is 0 Å². The highest BCUT2D eigenvalue weighted by Gasteiger charge is 2.35. The molecule has 4 heterocycles. The van der Waals surface area contributed by atoms with E-state index in [-0.39, 0.29) is 0 Å². The fourth-order valence-electron chi connectivity index (χ4n) is 5.86. The molecule has 2 fully saturated rings. The first kappa shape index (κ1) is 20.8. The van der Waals surface area contributed by atoms with Crippen molar-refractivity contribution in [3.63, 3.8) is 0 Å². The molecular weight excluding hydrogens is 415 g/mol. The molecule has 1 N–H and O–H groups in total. The van der Waals surface area contributed by atoms with Crippen molar-refractivity contribution in [1.82, 2.24) is 29.7 Å². The van der Waals surface area contributed by atoms with E-state index in [9.17, 15) is 4.39 Å². The smallest absolute Gasteiger partial charge is 0.158 e. The number of aromatic nitrogens is 5. The molecule has 33 heavy (non-hydrogen) atoms. The van der Waals surface area contributed by atoms with Gasteiger partial charge in [-0.15, -0.1) is 0 Å². The van der Waals surface area contributed by atoms with E-state index in [1.54, 1.807) is 6.33 Å². The van der Waals surface area contributed by atoms with E-state index in [2.05, 4.69) is 65.2 Å². The maximum Gasteiger partial charge on any atom is 0.158 e. The number of alkyl halides is 1. The summed E-state index contributed by atoms with van der Waals surface area (Å²) >= 11 is 0. The molecule has 1 saturated carbocycles. The molecule has 0 radical (unpaired) electrons. The minimum atomic E-state index is -0.614. The van der Waals surface area contributed by atoms with Crippen LogP contribution < -0.4 is 0 Å². The van der Waals surface area contributed by atoms with Crippen LogP contribution in [0.1, 0.15) is 68.2 Å². The molecule has 1 aliphatic heterocycles. The second kappa shape index (κ2) is 7.90. The van der Waals surface area contributed by atoms with E-state index in [0.717, 1.165) is 48.0 Å². The summed E-state index contributed by atoms with van der Waals surface area (Å²) in [7, 11) is 0. The molecule has 0 unspecified atom stereocenters. The number of aromatic amines is 1. The number of pyridine rings is 1. The third-order valence-corrected chi connectivity index (χ3v) is 7.73. The number of fused-ring (bicyclic) bond motifs is 2. The SMILES string of the molecule is Cc1cc(-c2cc3n[nH]c(C4CCC(N5CC(F)C5)CC4)c3cc2C(C)C)cn2ncnc12. The largest absolute Gasteiger partial charge is 0.295 e. The Morgan fingerprint density at radius 2 is 1.88 bits per heavy atom. The summed E-state index contributed by atoms with van der Waals surface area (Å²) in [6.07, 6.45) is 7.61. The lowest BCUT2D eigenvalue weighted by Gasteiger charge is -2.43. The molecule has 7 heteroatoms. The molecule has 1 aromatic carbocycles. The van der Waals surface area contributed by atoms with Crippen molar-refractivity contribution in [2.45, 2.75) is 70.5 Å². The van der Waals surface area contributed by atoms with E-state index in [1.807, 2.05) is 4.52 Å². The molecule has 1 aliphatic carbocycles. The zero-order chi connectivity index (χ0) is 22.7. The van der Waals surface area contributed by atoms with Gasteiger partial charge in [0.2, 0.25) is 0 Å². The van der Waals surface area contributed by atoms with Crippen molar-refractivity contribution in [3.05, 3.63) is 47.5 Å². The van der Waals surface area contributed by atoms with Gasteiger partial charge in [0.05, 0.1) is 5.52 Å². The average molecular weight is 447 g/mol. The predicted octanol–water partition coefficient (Wildman–Crippen LogP) is 5.38. The first-order chi connectivity index (χ1) is 16.0. The summed E-state index contributed by atoms with van der Waals surface area (Å²) in [4.78, 5) is 6.68. The number of likely N-dealkylation sites (tertiary alicyclic amines) is 1. The highest BCUT2D eigenvalue weighted by molar-refractivity contribution is 5.89. The summed E-state index contributed by atoms with van der Waals surface area (Å²) < 4.78 is 15.1. The Morgan fingerprint density at radius 3 is 2.61 bits per heavy atom. The topological polar surface area (TPSA) is 62.1 Å². The highest BCUT2D eigenvalue weighted by atomic mass is 19.1. The number of nitrogens with one attached hydrogen (secondary N) is 1. The highest BCUT2D eigenvalue weighted by Crippen LogP contribution is 2.40. The molecule has 172 valence electrons. The number of halogens is 1. The van der Waals surface area contributed by atoms with Crippen LogP contribution in [0.4, 0.5) is 4.39 Å². The number of hydrogen-bond acceptors (Lipinski definition) is 4. The van der Waals surface area contributed by atoms with Crippen molar-refractivity contribution in [2.75, 3.05) is 13.1 Å². The van der Waals surface area contributed by atoms with Crippen molar-refractivity contribution >= 4 is 16.6 Å². The number of H-pyrrole nitrogens is 1. The lowest BCUT2D eigenvalue weighted by atomic mass is 9.81. The summed E-state index contributed by atoms with van der Waals surface area (Å²) in [5.74, 6) is 0.878. The minimum absolute atomic E-state index is 0.384. The first-order valence-electron chi connectivity index (χ1n) is 12.2. The maximum absolute atomic E-state index is 13.3. The zero-order valence-electron chi connectivity index (χ0n) is 19.6. The Bertz CT molecular complexity index is 1310. The van der Waals surface area contributed by atoms with Gasteiger partial charge in [-0.3, -0.25) is 10.00 Å². The monoisotopic (exact) mass is 446 g/mol. The zero-order valence-corrected chi connectivity index (χ0v) is 19.6. The average Bonchev–Trinajstić information content (AvgIpc) is 3.43. The summed E-state index contributed by atoms with van der Waals surface area (Å²) in [6, 6.07) is 7.33. The lowest BCUT2D eigenvalue weighted by Crippen LogP contribution is -2.54. The van der Waals surface area contributed by atoms with Crippen LogP contribution in [0.5, 0.6) is 0 Å². The van der Waals surface area contributed by atoms with Crippen LogP contribution in [-0.2, 0) is 0 Å². The summed E-state index contributed by atoms with van der Waals surface area (Å²) in [5.41, 5.74) is 7.97. The fraction of sp³-hybridized carbons (Fsp3) is 0.500. The molecule has 6 rings (SSSR count). The van der Waals surface area contributed by atoms with Gasteiger partial charge in [0.1, 0.15) is 12.5 Å². The van der Waals surface area contributed by atoms with Crippen LogP contribution in [0, 0.1) is 6.92 Å². The number of hydrogen-bond donors (Lipinski definition) is 1. The van der Waals surface area contributed by atoms with Gasteiger partial charge < -0.3 is 0 Å². The standard InChI is InChI=1S/C26H31FN6/c1-15(2)21-9-23-24(10-22(21)18-8-16(3)26-28-14-29-33(26)11-18)30-31-25(23)17-4-6-20(7-5-17)32-12-19(27)13-32/h8-11,14-15,17,19-20H,4-7,12-13H2,1-3H3,(H,30,31). The first-order valence-corrected chi connectivity index (χ1v) is 12.2. The molecule has 0 atom stereocenters. The molecule has 6 nitrogen and oxygen atoms in total. The fourth-order valence-corrected chi connectivity index (χ4v) is 5.86. The second-order valence-corrected chi connectivity index (χ2v) is 10.2. The molecule has 0 spiro atoms. The van der Waals surface area contributed by atoms with Gasteiger partial charge in [-0.05, 0) is 73.4 Å². The lowest BCUT2D eigenvalue weighted by molar-refractivity contribution is 0.0119. The van der Waals surface area contributed by atoms with E-state index < -0.39 is 6.17 Å². The number of benzene rings is 1. The predicted molar refractivity (Wildman–Crippen MR) is 128 cm³/mol. The molecular formula is C26H31FN6. The molecule has 2 aliphatic rings. The maximum atomic E-state index is 13.3. The van der Waals surface area contributed by atoms with Gasteiger partial charge in [0.15, 0.2) is 5.65 Å². The Labute approximate surface area is 193 Å². The quantitative estimate of drug-likeness (QED) is 0.457. The molecule has 3 aromatic heterocycles. The van der Waals surface area contributed by atoms with Crippen LogP contribution in [0.3, 0.4) is 0 Å². The van der Waals surface area contributed by atoms with Crippen LogP contribution >= 0.6 is 0 Å². The Hall–Kier alpha value is -2.80. The van der Waals surface area contributed by atoms with E-state index in [1.165, 1.54) is 22.2 Å². The van der Waals surface area contributed by atoms with Gasteiger partial charge in [-0.2, -0.15) is 10.2 Å². The minimum Gasteiger partial charge on any atom is -0.295 e. The molecule has 4 aromatic rings. The Morgan fingerprint density at radius 1 is 1.09 bits per heavy atom. The number of nitrogens with zero attached hydrogens (tertiary/aromatic N) is 5. The van der Waals surface area contributed by atoms with Gasteiger partial charge >= 0.3 is 0 Å². The van der Waals surface area contributed by atoms with Crippen molar-refractivity contribution in [1.29, 1.82) is 0 Å². The van der Waals surface area contributed by atoms with Crippen LogP contribution in [0.2, 0.25) is 0 Å². The number of rotatable bonds is 4. The van der Waals surface area contributed by atoms with Crippen molar-refractivity contribution < 1.29 is 4.39 Å². The Balaban J connectivity index is 1.34. The van der Waals surface area contributed by atoms with Gasteiger partial charge in [-0.25, -0.2) is 13.9 Å². The molecule has 0 amide bonds. The second-order valence-electron chi connectivity index (χ2n) is 10.2. The van der Waals surface area contributed by atoms with E-state index in [4.69, 9.17) is 5.10 Å². The third-order valence-electron chi connectivity index (χ3n) is 7.73. The Kier molecular flexibility index (Phi) is 4.98. The van der Waals surface area contributed by atoms with Crippen molar-refractivity contribution in [3.8, 4) is 11.1 Å².